The number of rotatable bonds is 5. The first-order valence-electron chi connectivity index (χ1n) is 5.58. The van der Waals surface area contributed by atoms with Gasteiger partial charge in [0.05, 0.1) is 18.8 Å². The quantitative estimate of drug-likeness (QED) is 0.874. The molecule has 2 aromatic rings. The van der Waals surface area contributed by atoms with Crippen molar-refractivity contribution in [3.63, 3.8) is 0 Å². The van der Waals surface area contributed by atoms with Gasteiger partial charge in [-0.2, -0.15) is 0 Å². The van der Waals surface area contributed by atoms with Gasteiger partial charge in [-0.25, -0.2) is 4.39 Å². The van der Waals surface area contributed by atoms with Crippen LogP contribution < -0.4 is 15.8 Å². The SMILES string of the molecule is COc1ccc(F)c(NC(CN)c2cccs2)c1. The van der Waals surface area contributed by atoms with E-state index in [1.807, 2.05) is 17.5 Å². The van der Waals surface area contributed by atoms with Crippen LogP contribution in [0.3, 0.4) is 0 Å². The molecule has 0 radical (unpaired) electrons. The standard InChI is InChI=1S/C13H15FN2OS/c1-17-9-4-5-10(14)11(7-9)16-12(8-15)13-3-2-6-18-13/h2-7,12,16H,8,15H2,1H3. The fourth-order valence-corrected chi connectivity index (χ4v) is 2.46. The average Bonchev–Trinajstić information content (AvgIpc) is 2.91. The van der Waals surface area contributed by atoms with E-state index in [0.29, 0.717) is 18.0 Å². The number of hydrogen-bond donors (Lipinski definition) is 2. The molecule has 96 valence electrons. The van der Waals surface area contributed by atoms with Crippen molar-refractivity contribution in [3.8, 4) is 5.75 Å². The van der Waals surface area contributed by atoms with Crippen molar-refractivity contribution in [3.05, 3.63) is 46.4 Å². The number of hydrogen-bond acceptors (Lipinski definition) is 4. The summed E-state index contributed by atoms with van der Waals surface area (Å²) < 4.78 is 18.8. The van der Waals surface area contributed by atoms with Crippen LogP contribution in [-0.4, -0.2) is 13.7 Å². The average molecular weight is 266 g/mol. The zero-order chi connectivity index (χ0) is 13.0. The second kappa shape index (κ2) is 5.84. The maximum absolute atomic E-state index is 13.7. The molecule has 5 heteroatoms. The van der Waals surface area contributed by atoms with Gasteiger partial charge in [0.15, 0.2) is 0 Å². The van der Waals surface area contributed by atoms with E-state index in [0.717, 1.165) is 4.88 Å². The van der Waals surface area contributed by atoms with E-state index in [1.54, 1.807) is 30.6 Å². The molecule has 18 heavy (non-hydrogen) atoms. The first kappa shape index (κ1) is 12.9. The van der Waals surface area contributed by atoms with E-state index in [-0.39, 0.29) is 11.9 Å². The predicted octanol–water partition coefficient (Wildman–Crippen LogP) is 3.01. The van der Waals surface area contributed by atoms with Gasteiger partial charge in [-0.15, -0.1) is 11.3 Å². The number of anilines is 1. The highest BCUT2D eigenvalue weighted by Gasteiger charge is 2.13. The van der Waals surface area contributed by atoms with Crippen molar-refractivity contribution in [1.82, 2.24) is 0 Å². The number of methoxy groups -OCH3 is 1. The third kappa shape index (κ3) is 2.80. The lowest BCUT2D eigenvalue weighted by atomic mass is 10.2. The van der Waals surface area contributed by atoms with Crippen molar-refractivity contribution in [2.24, 2.45) is 5.73 Å². The molecule has 0 amide bonds. The van der Waals surface area contributed by atoms with Crippen LogP contribution in [0.4, 0.5) is 10.1 Å². The van der Waals surface area contributed by atoms with Crippen LogP contribution in [0.15, 0.2) is 35.7 Å². The molecular formula is C13H15FN2OS. The van der Waals surface area contributed by atoms with E-state index < -0.39 is 0 Å². The van der Waals surface area contributed by atoms with E-state index in [4.69, 9.17) is 10.5 Å². The Kier molecular flexibility index (Phi) is 4.17. The van der Waals surface area contributed by atoms with E-state index in [1.165, 1.54) is 6.07 Å². The predicted molar refractivity (Wildman–Crippen MR) is 72.7 cm³/mol. The van der Waals surface area contributed by atoms with Crippen LogP contribution in [0.1, 0.15) is 10.9 Å². The number of halogens is 1. The van der Waals surface area contributed by atoms with Gasteiger partial charge in [-0.3, -0.25) is 0 Å². The van der Waals surface area contributed by atoms with Gasteiger partial charge >= 0.3 is 0 Å². The Morgan fingerprint density at radius 3 is 2.89 bits per heavy atom. The number of ether oxygens (including phenoxy) is 1. The van der Waals surface area contributed by atoms with E-state index >= 15 is 0 Å². The van der Waals surface area contributed by atoms with Crippen molar-refractivity contribution >= 4 is 17.0 Å². The van der Waals surface area contributed by atoms with Gasteiger partial charge in [-0.05, 0) is 23.6 Å². The smallest absolute Gasteiger partial charge is 0.146 e. The third-order valence-corrected chi connectivity index (χ3v) is 3.61. The Bertz CT molecular complexity index is 502. The summed E-state index contributed by atoms with van der Waals surface area (Å²) in [5.74, 6) is 0.298. The van der Waals surface area contributed by atoms with Gasteiger partial charge in [0.2, 0.25) is 0 Å². The molecule has 1 aromatic carbocycles. The molecule has 1 aromatic heterocycles. The van der Waals surface area contributed by atoms with Crippen molar-refractivity contribution in [1.29, 1.82) is 0 Å². The van der Waals surface area contributed by atoms with Gasteiger partial charge < -0.3 is 15.8 Å². The second-order valence-electron chi connectivity index (χ2n) is 3.79. The Hall–Kier alpha value is -1.59. The summed E-state index contributed by atoms with van der Waals surface area (Å²) in [6.45, 7) is 0.400. The normalized spacial score (nSPS) is 12.2. The highest BCUT2D eigenvalue weighted by Crippen LogP contribution is 2.27. The molecule has 0 spiro atoms. The summed E-state index contributed by atoms with van der Waals surface area (Å²) in [4.78, 5) is 1.08. The van der Waals surface area contributed by atoms with E-state index in [9.17, 15) is 4.39 Å². The molecule has 0 saturated carbocycles. The lowest BCUT2D eigenvalue weighted by Gasteiger charge is -2.17. The molecule has 3 N–H and O–H groups in total. The summed E-state index contributed by atoms with van der Waals surface area (Å²) >= 11 is 1.59. The monoisotopic (exact) mass is 266 g/mol. The molecule has 2 rings (SSSR count). The fourth-order valence-electron chi connectivity index (χ4n) is 1.67. The minimum atomic E-state index is -0.314. The summed E-state index contributed by atoms with van der Waals surface area (Å²) in [5, 5.41) is 5.08. The van der Waals surface area contributed by atoms with Crippen LogP contribution in [-0.2, 0) is 0 Å². The fraction of sp³-hybridized carbons (Fsp3) is 0.231. The summed E-state index contributed by atoms with van der Waals surface area (Å²) in [6, 6.07) is 8.43. The largest absolute Gasteiger partial charge is 0.497 e. The lowest BCUT2D eigenvalue weighted by Crippen LogP contribution is -2.20. The summed E-state index contributed by atoms with van der Waals surface area (Å²) in [5.41, 5.74) is 6.12. The number of nitrogens with one attached hydrogen (secondary N) is 1. The molecule has 1 heterocycles. The Balaban J connectivity index is 2.21. The maximum Gasteiger partial charge on any atom is 0.146 e. The molecule has 0 aliphatic carbocycles. The minimum Gasteiger partial charge on any atom is -0.497 e. The number of nitrogens with two attached hydrogens (primary N) is 1. The molecule has 3 nitrogen and oxygen atoms in total. The van der Waals surface area contributed by atoms with Crippen LogP contribution in [0, 0.1) is 5.82 Å². The molecule has 1 unspecified atom stereocenters. The van der Waals surface area contributed by atoms with Crippen molar-refractivity contribution in [2.75, 3.05) is 19.0 Å². The highest BCUT2D eigenvalue weighted by atomic mass is 32.1. The first-order chi connectivity index (χ1) is 8.74. The second-order valence-corrected chi connectivity index (χ2v) is 4.77. The summed E-state index contributed by atoms with van der Waals surface area (Å²) in [6.07, 6.45) is 0. The molecule has 0 aliphatic rings. The van der Waals surface area contributed by atoms with Gasteiger partial charge in [0, 0.05) is 17.5 Å². The Labute approximate surface area is 109 Å². The van der Waals surface area contributed by atoms with Gasteiger partial charge in [0.25, 0.3) is 0 Å². The number of benzene rings is 1. The number of thiophene rings is 1. The van der Waals surface area contributed by atoms with Crippen molar-refractivity contribution in [2.45, 2.75) is 6.04 Å². The van der Waals surface area contributed by atoms with Crippen LogP contribution >= 0.6 is 11.3 Å². The molecule has 1 atom stereocenters. The van der Waals surface area contributed by atoms with Gasteiger partial charge in [0.1, 0.15) is 11.6 Å². The maximum atomic E-state index is 13.7. The first-order valence-corrected chi connectivity index (χ1v) is 6.46. The minimum absolute atomic E-state index is 0.0911. The zero-order valence-electron chi connectivity index (χ0n) is 10.0. The lowest BCUT2D eigenvalue weighted by molar-refractivity contribution is 0.414. The third-order valence-electron chi connectivity index (χ3n) is 2.63. The molecule has 0 bridgehead atoms. The van der Waals surface area contributed by atoms with Crippen LogP contribution in [0.2, 0.25) is 0 Å². The molecule has 0 saturated heterocycles. The molecule has 0 fully saturated rings. The molecule has 0 aliphatic heterocycles. The van der Waals surface area contributed by atoms with Crippen LogP contribution in [0.25, 0.3) is 0 Å². The topological polar surface area (TPSA) is 47.3 Å². The van der Waals surface area contributed by atoms with Crippen molar-refractivity contribution < 1.29 is 9.13 Å². The zero-order valence-corrected chi connectivity index (χ0v) is 10.8. The summed E-state index contributed by atoms with van der Waals surface area (Å²) in [7, 11) is 1.55. The van der Waals surface area contributed by atoms with Gasteiger partial charge in [-0.1, -0.05) is 6.07 Å². The van der Waals surface area contributed by atoms with Crippen LogP contribution in [0.5, 0.6) is 5.75 Å². The Morgan fingerprint density at radius 2 is 2.28 bits per heavy atom. The van der Waals surface area contributed by atoms with E-state index in [2.05, 4.69) is 5.32 Å². The highest BCUT2D eigenvalue weighted by molar-refractivity contribution is 7.10. The molecular weight excluding hydrogens is 251 g/mol. The Morgan fingerprint density at radius 1 is 1.44 bits per heavy atom.